The van der Waals surface area contributed by atoms with Gasteiger partial charge in [-0.1, -0.05) is 12.1 Å². The van der Waals surface area contributed by atoms with Crippen molar-refractivity contribution in [2.75, 3.05) is 32.8 Å². The van der Waals surface area contributed by atoms with Crippen LogP contribution < -0.4 is 0 Å². The molecule has 2 aliphatic heterocycles. The van der Waals surface area contributed by atoms with E-state index in [1.54, 1.807) is 18.5 Å². The second-order valence-electron chi connectivity index (χ2n) is 7.36. The van der Waals surface area contributed by atoms with Crippen molar-refractivity contribution < 1.29 is 13.9 Å². The number of hydrogen-bond donors (Lipinski definition) is 0. The van der Waals surface area contributed by atoms with Gasteiger partial charge in [0.15, 0.2) is 0 Å². The van der Waals surface area contributed by atoms with Crippen LogP contribution in [0.2, 0.25) is 0 Å². The zero-order valence-corrected chi connectivity index (χ0v) is 15.3. The minimum absolute atomic E-state index is 0.0414. The summed E-state index contributed by atoms with van der Waals surface area (Å²) >= 11 is 0. The molecule has 0 saturated carbocycles. The van der Waals surface area contributed by atoms with Crippen molar-refractivity contribution in [1.82, 2.24) is 14.8 Å². The lowest BCUT2D eigenvalue weighted by molar-refractivity contribution is -0.0958. The maximum Gasteiger partial charge on any atom is 0.255 e. The van der Waals surface area contributed by atoms with Crippen LogP contribution in [0.1, 0.15) is 28.8 Å². The van der Waals surface area contributed by atoms with Crippen molar-refractivity contribution in [3.05, 3.63) is 65.7 Å². The number of carbonyl (C=O) groups is 1. The smallest absolute Gasteiger partial charge is 0.255 e. The third kappa shape index (κ3) is 3.87. The molecule has 3 heterocycles. The van der Waals surface area contributed by atoms with Gasteiger partial charge in [-0.3, -0.25) is 14.7 Å². The van der Waals surface area contributed by atoms with Crippen molar-refractivity contribution in [2.45, 2.75) is 24.9 Å². The number of carbonyl (C=O) groups excluding carboxylic acids is 1. The lowest BCUT2D eigenvalue weighted by Gasteiger charge is -2.51. The number of nitrogens with zero attached hydrogens (tertiary/aromatic N) is 3. The van der Waals surface area contributed by atoms with Crippen molar-refractivity contribution in [1.29, 1.82) is 0 Å². The molecule has 1 amide bonds. The number of morpholine rings is 1. The van der Waals surface area contributed by atoms with Crippen LogP contribution in [0, 0.1) is 5.82 Å². The van der Waals surface area contributed by atoms with Crippen LogP contribution in [0.5, 0.6) is 0 Å². The van der Waals surface area contributed by atoms with Gasteiger partial charge in [0.05, 0.1) is 18.8 Å². The number of ether oxygens (including phenoxy) is 1. The highest BCUT2D eigenvalue weighted by atomic mass is 19.1. The highest BCUT2D eigenvalue weighted by Crippen LogP contribution is 2.33. The van der Waals surface area contributed by atoms with Crippen LogP contribution in [0.25, 0.3) is 0 Å². The van der Waals surface area contributed by atoms with Crippen LogP contribution >= 0.6 is 0 Å². The lowest BCUT2D eigenvalue weighted by atomic mass is 9.84. The molecule has 27 heavy (non-hydrogen) atoms. The molecule has 2 fully saturated rings. The van der Waals surface area contributed by atoms with Crippen LogP contribution in [-0.2, 0) is 11.3 Å². The van der Waals surface area contributed by atoms with E-state index in [9.17, 15) is 9.18 Å². The van der Waals surface area contributed by atoms with E-state index in [0.29, 0.717) is 31.9 Å². The number of pyridine rings is 1. The average Bonchev–Trinajstić information content (AvgIpc) is 2.72. The summed E-state index contributed by atoms with van der Waals surface area (Å²) in [5, 5.41) is 0. The third-order valence-electron chi connectivity index (χ3n) is 5.72. The van der Waals surface area contributed by atoms with Crippen LogP contribution in [0.15, 0.2) is 48.8 Å². The molecule has 1 aromatic carbocycles. The van der Waals surface area contributed by atoms with E-state index in [2.05, 4.69) is 9.88 Å². The molecule has 0 N–H and O–H groups in total. The van der Waals surface area contributed by atoms with E-state index < -0.39 is 0 Å². The molecule has 0 atom stereocenters. The van der Waals surface area contributed by atoms with Crippen LogP contribution in [0.4, 0.5) is 4.39 Å². The molecule has 6 heteroatoms. The summed E-state index contributed by atoms with van der Waals surface area (Å²) in [5.41, 5.74) is 1.68. The molecule has 2 aromatic rings. The molecule has 142 valence electrons. The fourth-order valence-corrected chi connectivity index (χ4v) is 4.08. The van der Waals surface area contributed by atoms with Gasteiger partial charge in [-0.05, 0) is 42.7 Å². The van der Waals surface area contributed by atoms with Gasteiger partial charge in [-0.15, -0.1) is 0 Å². The summed E-state index contributed by atoms with van der Waals surface area (Å²) in [7, 11) is 0. The Bertz CT molecular complexity index is 774. The Kier molecular flexibility index (Phi) is 5.18. The van der Waals surface area contributed by atoms with Crippen molar-refractivity contribution in [3.63, 3.8) is 0 Å². The Labute approximate surface area is 158 Å². The molecule has 5 nitrogen and oxygen atoms in total. The van der Waals surface area contributed by atoms with Gasteiger partial charge in [-0.2, -0.15) is 0 Å². The minimum atomic E-state index is -0.210. The molecular formula is C21H24FN3O2. The van der Waals surface area contributed by atoms with Gasteiger partial charge in [0.2, 0.25) is 0 Å². The molecule has 0 bridgehead atoms. The Morgan fingerprint density at radius 1 is 1.15 bits per heavy atom. The van der Waals surface area contributed by atoms with E-state index in [4.69, 9.17) is 4.74 Å². The predicted molar refractivity (Wildman–Crippen MR) is 99.7 cm³/mol. The highest BCUT2D eigenvalue weighted by molar-refractivity contribution is 5.93. The van der Waals surface area contributed by atoms with E-state index in [1.807, 2.05) is 23.1 Å². The number of rotatable bonds is 3. The summed E-state index contributed by atoms with van der Waals surface area (Å²) in [6.07, 6.45) is 5.05. The van der Waals surface area contributed by atoms with Crippen LogP contribution in [-0.4, -0.2) is 59.1 Å². The number of aromatic nitrogens is 1. The number of halogens is 1. The van der Waals surface area contributed by atoms with E-state index in [1.165, 1.54) is 12.1 Å². The molecule has 0 unspecified atom stereocenters. The van der Waals surface area contributed by atoms with Crippen LogP contribution in [0.3, 0.4) is 0 Å². The first-order chi connectivity index (χ1) is 13.2. The third-order valence-corrected chi connectivity index (χ3v) is 5.72. The molecule has 2 aliphatic rings. The first-order valence-corrected chi connectivity index (χ1v) is 9.43. The normalized spacial score (nSPS) is 20.0. The summed E-state index contributed by atoms with van der Waals surface area (Å²) in [6, 6.07) is 10.3. The van der Waals surface area contributed by atoms with Gasteiger partial charge < -0.3 is 9.64 Å². The standard InChI is InChI=1S/C21H24FN3O2/c22-19-5-3-17(4-6-19)15-25-12-13-27-16-21(25)7-10-24(11-8-21)20(26)18-2-1-9-23-14-18/h1-6,9,14H,7-8,10-13,15-16H2. The zero-order chi connectivity index (χ0) is 18.7. The first-order valence-electron chi connectivity index (χ1n) is 9.43. The zero-order valence-electron chi connectivity index (χ0n) is 15.3. The Hall–Kier alpha value is -2.31. The van der Waals surface area contributed by atoms with Gasteiger partial charge in [0, 0.05) is 44.1 Å². The van der Waals surface area contributed by atoms with Gasteiger partial charge in [0.25, 0.3) is 5.91 Å². The minimum Gasteiger partial charge on any atom is -0.378 e. The van der Waals surface area contributed by atoms with E-state index >= 15 is 0 Å². The summed E-state index contributed by atoms with van der Waals surface area (Å²) < 4.78 is 19.0. The fourth-order valence-electron chi connectivity index (χ4n) is 4.08. The number of amides is 1. The van der Waals surface area contributed by atoms with E-state index in [-0.39, 0.29) is 17.3 Å². The van der Waals surface area contributed by atoms with Gasteiger partial charge >= 0.3 is 0 Å². The highest BCUT2D eigenvalue weighted by Gasteiger charge is 2.43. The largest absolute Gasteiger partial charge is 0.378 e. The molecule has 1 spiro atoms. The maximum absolute atomic E-state index is 13.2. The average molecular weight is 369 g/mol. The maximum atomic E-state index is 13.2. The molecule has 2 saturated heterocycles. The summed E-state index contributed by atoms with van der Waals surface area (Å²) in [4.78, 5) is 21.1. The molecular weight excluding hydrogens is 345 g/mol. The topological polar surface area (TPSA) is 45.7 Å². The number of piperidine rings is 1. The number of benzene rings is 1. The number of likely N-dealkylation sites (tertiary alicyclic amines) is 1. The Morgan fingerprint density at radius 3 is 2.63 bits per heavy atom. The van der Waals surface area contributed by atoms with Crippen molar-refractivity contribution in [2.24, 2.45) is 0 Å². The first kappa shape index (κ1) is 18.1. The van der Waals surface area contributed by atoms with Crippen molar-refractivity contribution in [3.8, 4) is 0 Å². The lowest BCUT2D eigenvalue weighted by Crippen LogP contribution is -2.61. The molecule has 1 aromatic heterocycles. The van der Waals surface area contributed by atoms with Crippen molar-refractivity contribution >= 4 is 5.91 Å². The SMILES string of the molecule is O=C(c1cccnc1)N1CCC2(CC1)COCCN2Cc1ccc(F)cc1. The quantitative estimate of drug-likeness (QED) is 0.835. The monoisotopic (exact) mass is 369 g/mol. The second kappa shape index (κ2) is 7.74. The second-order valence-corrected chi connectivity index (χ2v) is 7.36. The van der Waals surface area contributed by atoms with E-state index in [0.717, 1.165) is 31.5 Å². The molecule has 0 aliphatic carbocycles. The summed E-state index contributed by atoms with van der Waals surface area (Å²) in [5.74, 6) is -0.169. The Balaban J connectivity index is 1.44. The fraction of sp³-hybridized carbons (Fsp3) is 0.429. The van der Waals surface area contributed by atoms with Gasteiger partial charge in [-0.25, -0.2) is 4.39 Å². The van der Waals surface area contributed by atoms with Gasteiger partial charge in [0.1, 0.15) is 5.82 Å². The Morgan fingerprint density at radius 2 is 1.93 bits per heavy atom. The number of hydrogen-bond acceptors (Lipinski definition) is 4. The molecule has 0 radical (unpaired) electrons. The summed E-state index contributed by atoms with van der Waals surface area (Å²) in [6.45, 7) is 4.44. The molecule has 4 rings (SSSR count). The predicted octanol–water partition coefficient (Wildman–Crippen LogP) is 2.73.